The molecule has 0 spiro atoms. The lowest BCUT2D eigenvalue weighted by Crippen LogP contribution is -2.41. The highest BCUT2D eigenvalue weighted by Crippen LogP contribution is 2.31. The summed E-state index contributed by atoms with van der Waals surface area (Å²) in [5.74, 6) is -0.237. The number of carbonyl (C=O) groups excluding carboxylic acids is 1. The van der Waals surface area contributed by atoms with Crippen LogP contribution in [0.3, 0.4) is 0 Å². The van der Waals surface area contributed by atoms with E-state index in [9.17, 15) is 23.1 Å². The molecule has 1 aliphatic rings. The Hall–Kier alpha value is -3.28. The van der Waals surface area contributed by atoms with Crippen molar-refractivity contribution in [1.82, 2.24) is 19.9 Å². The van der Waals surface area contributed by atoms with E-state index in [1.165, 1.54) is 0 Å². The molecule has 1 amide bonds. The third kappa shape index (κ3) is 6.61. The molecule has 32 heavy (non-hydrogen) atoms. The SMILES string of the molecule is C=N.C=NNc1ccccc1C(=O)N1CCCC(n2ncc(C(O)C(F)(F)F)n2)C1.CC. The van der Waals surface area contributed by atoms with E-state index < -0.39 is 18.0 Å². The summed E-state index contributed by atoms with van der Waals surface area (Å²) < 4.78 is 37.9. The molecule has 0 aliphatic carbocycles. The van der Waals surface area contributed by atoms with Crippen molar-refractivity contribution in [2.75, 3.05) is 18.5 Å². The summed E-state index contributed by atoms with van der Waals surface area (Å²) in [7, 11) is 0. The van der Waals surface area contributed by atoms with Crippen molar-refractivity contribution in [2.24, 2.45) is 5.10 Å². The smallest absolute Gasteiger partial charge is 0.378 e. The van der Waals surface area contributed by atoms with Gasteiger partial charge in [-0.1, -0.05) is 26.0 Å². The zero-order chi connectivity index (χ0) is 24.3. The Morgan fingerprint density at radius 2 is 2.00 bits per heavy atom. The molecule has 0 saturated carbocycles. The molecule has 3 rings (SSSR count). The summed E-state index contributed by atoms with van der Waals surface area (Å²) in [6, 6.07) is 6.45. The number of likely N-dealkylation sites (tertiary alicyclic amines) is 1. The molecule has 2 atom stereocenters. The minimum absolute atomic E-state index is 0.237. The third-order valence-corrected chi connectivity index (χ3v) is 4.48. The van der Waals surface area contributed by atoms with Crippen LogP contribution in [0.25, 0.3) is 0 Å². The zero-order valence-corrected chi connectivity index (χ0v) is 18.0. The number of hydrogen-bond acceptors (Lipinski definition) is 7. The van der Waals surface area contributed by atoms with Gasteiger partial charge in [0.05, 0.1) is 23.5 Å². The summed E-state index contributed by atoms with van der Waals surface area (Å²) in [5, 5.41) is 26.0. The van der Waals surface area contributed by atoms with Gasteiger partial charge in [0.25, 0.3) is 5.91 Å². The largest absolute Gasteiger partial charge is 0.420 e. The fourth-order valence-corrected chi connectivity index (χ4v) is 3.11. The van der Waals surface area contributed by atoms with Gasteiger partial charge in [-0.3, -0.25) is 10.2 Å². The zero-order valence-electron chi connectivity index (χ0n) is 18.0. The van der Waals surface area contributed by atoms with Gasteiger partial charge in [-0.25, -0.2) is 0 Å². The highest BCUT2D eigenvalue weighted by Gasteiger charge is 2.41. The number of nitrogens with one attached hydrogen (secondary N) is 2. The monoisotopic (exact) mass is 455 g/mol. The number of aliphatic hydroxyl groups excluding tert-OH is 1. The number of aliphatic hydroxyl groups is 1. The van der Waals surface area contributed by atoms with Crippen molar-refractivity contribution >= 4 is 25.0 Å². The quantitative estimate of drug-likeness (QED) is 0.469. The van der Waals surface area contributed by atoms with E-state index in [4.69, 9.17) is 5.41 Å². The molecule has 3 N–H and O–H groups in total. The number of hydrogen-bond donors (Lipinski definition) is 3. The number of alkyl halides is 3. The van der Waals surface area contributed by atoms with Crippen LogP contribution in [0.2, 0.25) is 0 Å². The predicted molar refractivity (Wildman–Crippen MR) is 116 cm³/mol. The summed E-state index contributed by atoms with van der Waals surface area (Å²) in [6.45, 7) is 10.6. The number of aromatic nitrogens is 3. The summed E-state index contributed by atoms with van der Waals surface area (Å²) in [6.07, 6.45) is -5.36. The molecule has 1 aliphatic heterocycles. The lowest BCUT2D eigenvalue weighted by atomic mass is 10.0. The fourth-order valence-electron chi connectivity index (χ4n) is 3.11. The summed E-state index contributed by atoms with van der Waals surface area (Å²) in [5.41, 5.74) is 3.03. The lowest BCUT2D eigenvalue weighted by molar-refractivity contribution is -0.208. The van der Waals surface area contributed by atoms with Crippen molar-refractivity contribution < 1.29 is 23.1 Å². The van der Waals surface area contributed by atoms with Crippen LogP contribution in [0.15, 0.2) is 35.6 Å². The van der Waals surface area contributed by atoms with Gasteiger partial charge >= 0.3 is 6.18 Å². The number of para-hydroxylation sites is 1. The number of nitrogens with zero attached hydrogens (tertiary/aromatic N) is 5. The topological polar surface area (TPSA) is 119 Å². The normalized spacial score (nSPS) is 16.6. The Morgan fingerprint density at radius 3 is 2.62 bits per heavy atom. The molecule has 176 valence electrons. The first-order valence-corrected chi connectivity index (χ1v) is 9.93. The van der Waals surface area contributed by atoms with E-state index in [1.807, 2.05) is 13.8 Å². The number of piperidine rings is 1. The van der Waals surface area contributed by atoms with Crippen LogP contribution in [-0.2, 0) is 0 Å². The molecule has 2 aromatic rings. The molecular formula is C20H28F3N7O2. The van der Waals surface area contributed by atoms with Gasteiger partial charge in [-0.05, 0) is 31.7 Å². The van der Waals surface area contributed by atoms with Gasteiger partial charge in [0.2, 0.25) is 0 Å². The number of anilines is 1. The van der Waals surface area contributed by atoms with Gasteiger partial charge in [0.15, 0.2) is 6.10 Å². The Labute approximate surface area is 184 Å². The first-order chi connectivity index (χ1) is 15.3. The Morgan fingerprint density at radius 1 is 1.34 bits per heavy atom. The van der Waals surface area contributed by atoms with E-state index in [-0.39, 0.29) is 18.5 Å². The van der Waals surface area contributed by atoms with Gasteiger partial charge in [0.1, 0.15) is 5.69 Å². The molecular weight excluding hydrogens is 427 g/mol. The van der Waals surface area contributed by atoms with E-state index in [0.29, 0.717) is 30.6 Å². The minimum atomic E-state index is -4.81. The van der Waals surface area contributed by atoms with E-state index in [0.717, 1.165) is 11.0 Å². The van der Waals surface area contributed by atoms with Crippen LogP contribution in [0, 0.1) is 5.41 Å². The molecule has 0 radical (unpaired) electrons. The van der Waals surface area contributed by atoms with Crippen molar-refractivity contribution in [3.8, 4) is 0 Å². The van der Waals surface area contributed by atoms with Crippen LogP contribution >= 0.6 is 0 Å². The maximum absolute atomic E-state index is 12.9. The molecule has 2 heterocycles. The molecule has 0 bridgehead atoms. The van der Waals surface area contributed by atoms with E-state index in [1.54, 1.807) is 29.2 Å². The molecule has 2 unspecified atom stereocenters. The second-order valence-electron chi connectivity index (χ2n) is 6.40. The van der Waals surface area contributed by atoms with Crippen molar-refractivity contribution in [1.29, 1.82) is 5.41 Å². The number of hydrazone groups is 1. The molecule has 9 nitrogen and oxygen atoms in total. The first kappa shape index (κ1) is 26.8. The lowest BCUT2D eigenvalue weighted by Gasteiger charge is -2.32. The number of halogens is 3. The minimum Gasteiger partial charge on any atom is -0.378 e. The summed E-state index contributed by atoms with van der Waals surface area (Å²) in [4.78, 5) is 15.6. The predicted octanol–water partition coefficient (Wildman–Crippen LogP) is 3.67. The highest BCUT2D eigenvalue weighted by atomic mass is 19.4. The Bertz CT molecular complexity index is 873. The third-order valence-electron chi connectivity index (χ3n) is 4.48. The van der Waals surface area contributed by atoms with Crippen LogP contribution in [0.4, 0.5) is 18.9 Å². The van der Waals surface area contributed by atoms with Gasteiger partial charge in [-0.2, -0.15) is 33.3 Å². The van der Waals surface area contributed by atoms with Crippen LogP contribution in [-0.4, -0.2) is 63.6 Å². The highest BCUT2D eigenvalue weighted by molar-refractivity contribution is 5.99. The molecule has 12 heteroatoms. The van der Waals surface area contributed by atoms with Crippen molar-refractivity contribution in [2.45, 2.75) is 45.0 Å². The molecule has 1 aromatic carbocycles. The molecule has 1 aromatic heterocycles. The van der Waals surface area contributed by atoms with Crippen molar-refractivity contribution in [3.63, 3.8) is 0 Å². The van der Waals surface area contributed by atoms with Crippen LogP contribution in [0.5, 0.6) is 0 Å². The number of amides is 1. The van der Waals surface area contributed by atoms with E-state index >= 15 is 0 Å². The average molecular weight is 455 g/mol. The molecule has 1 fully saturated rings. The maximum Gasteiger partial charge on any atom is 0.420 e. The van der Waals surface area contributed by atoms with Crippen LogP contribution < -0.4 is 5.43 Å². The second kappa shape index (κ2) is 12.5. The second-order valence-corrected chi connectivity index (χ2v) is 6.40. The Balaban J connectivity index is 0.00000121. The standard InChI is InChI=1S/C17H19F3N6O2.C2H6.CH3N/c1-21-23-13-7-3-2-6-12(13)16(28)25-8-4-5-11(10-25)26-22-9-14(24-26)15(27)17(18,19)20;2*1-2/h2-3,6-7,9,11,15,23,27H,1,4-5,8,10H2;1-2H3;2H,1H2. The number of benzene rings is 1. The fraction of sp³-hybridized carbons (Fsp3) is 0.450. The van der Waals surface area contributed by atoms with Crippen LogP contribution in [0.1, 0.15) is 54.9 Å². The number of rotatable bonds is 5. The summed E-state index contributed by atoms with van der Waals surface area (Å²) >= 11 is 0. The van der Waals surface area contributed by atoms with Gasteiger partial charge in [-0.15, -0.1) is 0 Å². The average Bonchev–Trinajstić information content (AvgIpc) is 3.31. The number of carbonyl (C=O) groups is 1. The van der Waals surface area contributed by atoms with Gasteiger partial charge in [0, 0.05) is 19.8 Å². The van der Waals surface area contributed by atoms with E-state index in [2.05, 4.69) is 34.2 Å². The maximum atomic E-state index is 12.9. The van der Waals surface area contributed by atoms with Gasteiger partial charge < -0.3 is 15.4 Å². The Kier molecular flexibility index (Phi) is 10.5. The first-order valence-electron chi connectivity index (χ1n) is 9.93. The van der Waals surface area contributed by atoms with Crippen molar-refractivity contribution in [3.05, 3.63) is 41.7 Å². The molecule has 1 saturated heterocycles.